The summed E-state index contributed by atoms with van der Waals surface area (Å²) >= 11 is 5.83. The minimum absolute atomic E-state index is 0.0939. The second-order valence-electron chi connectivity index (χ2n) is 9.53. The average molecular weight is 634 g/mol. The first-order valence-corrected chi connectivity index (χ1v) is 14.8. The minimum atomic E-state index is -4.69. The van der Waals surface area contributed by atoms with Crippen molar-refractivity contribution in [3.05, 3.63) is 107 Å². The van der Waals surface area contributed by atoms with Crippen LogP contribution in [0, 0.1) is 5.82 Å². The molecule has 0 fully saturated rings. The quantitative estimate of drug-likeness (QED) is 0.195. The molecule has 3 unspecified atom stereocenters. The number of hydrogen-bond acceptors (Lipinski definition) is 4. The van der Waals surface area contributed by atoms with Crippen LogP contribution in [0.2, 0.25) is 0 Å². The molecule has 5 rings (SSSR count). The molecule has 0 saturated carbocycles. The van der Waals surface area contributed by atoms with Crippen LogP contribution in [0.1, 0.15) is 39.9 Å². The van der Waals surface area contributed by atoms with E-state index in [0.29, 0.717) is 28.7 Å². The van der Waals surface area contributed by atoms with Crippen molar-refractivity contribution in [2.24, 2.45) is 0 Å². The van der Waals surface area contributed by atoms with Gasteiger partial charge in [-0.3, -0.25) is 19.2 Å². The third kappa shape index (κ3) is 6.00. The molecule has 0 bridgehead atoms. The number of halogens is 5. The first-order chi connectivity index (χ1) is 20.5. The Bertz CT molecular complexity index is 1680. The van der Waals surface area contributed by atoms with E-state index in [0.717, 1.165) is 12.1 Å². The Balaban J connectivity index is 1.71. The average Bonchev–Trinajstić information content (AvgIpc) is 3.36. The van der Waals surface area contributed by atoms with Gasteiger partial charge in [-0.2, -0.15) is 13.2 Å². The van der Waals surface area contributed by atoms with Crippen LogP contribution in [0.4, 0.5) is 29.2 Å². The molecule has 0 radical (unpaired) electrons. The van der Waals surface area contributed by atoms with Gasteiger partial charge in [-0.25, -0.2) is 13.3 Å². The lowest BCUT2D eigenvalue weighted by Gasteiger charge is -2.38. The van der Waals surface area contributed by atoms with Gasteiger partial charge in [0.1, 0.15) is 33.9 Å². The zero-order valence-electron chi connectivity index (χ0n) is 22.4. The second-order valence-corrected chi connectivity index (χ2v) is 11.3. The molecule has 8 nitrogen and oxygen atoms in total. The molecule has 3 aromatic carbocycles. The Labute approximate surface area is 251 Å². The lowest BCUT2D eigenvalue weighted by molar-refractivity contribution is -0.137. The van der Waals surface area contributed by atoms with Crippen molar-refractivity contribution in [3.8, 4) is 5.69 Å². The Morgan fingerprint density at radius 3 is 2.37 bits per heavy atom. The molecular formula is C29H24ClF4N5O3S. The topological polar surface area (TPSA) is 96.3 Å². The number of aromatic nitrogens is 2. The fraction of sp³-hybridized carbons (Fsp3) is 0.207. The van der Waals surface area contributed by atoms with E-state index in [4.69, 9.17) is 11.6 Å². The number of rotatable bonds is 8. The van der Waals surface area contributed by atoms with E-state index in [9.17, 15) is 31.4 Å². The molecule has 224 valence electrons. The Morgan fingerprint density at radius 1 is 1.05 bits per heavy atom. The van der Waals surface area contributed by atoms with Crippen molar-refractivity contribution in [2.45, 2.75) is 25.1 Å². The number of carbonyl (C=O) groups is 2. The van der Waals surface area contributed by atoms with Crippen molar-refractivity contribution >= 4 is 46.0 Å². The highest BCUT2D eigenvalue weighted by molar-refractivity contribution is 7.87. The van der Waals surface area contributed by atoms with Gasteiger partial charge in [0.05, 0.1) is 16.8 Å². The van der Waals surface area contributed by atoms with Crippen LogP contribution in [0.5, 0.6) is 0 Å². The monoisotopic (exact) mass is 633 g/mol. The predicted molar refractivity (Wildman–Crippen MR) is 155 cm³/mol. The standard InChI is InChI=1S/C29H24ClF4N5O3S/c1-2-38-27-23(25(37-43(42)16-30)36-39(27)21-9-4-3-5-10-21)22(17-11-13-20(31)14-12-17)24(28(38)41)35-26(40)18-7-6-8-19(15-18)29(32,33)34/h3-15,22,24H,2,16H2,1H3,(H,35,40)(H,36,37). The number of hydrogen-bond donors (Lipinski definition) is 2. The van der Waals surface area contributed by atoms with Gasteiger partial charge in [0.25, 0.3) is 11.8 Å². The molecule has 4 aromatic rings. The number of amides is 2. The normalized spacial score (nSPS) is 17.3. The predicted octanol–water partition coefficient (Wildman–Crippen LogP) is 5.60. The minimum Gasteiger partial charge on any atom is -0.339 e. The summed E-state index contributed by atoms with van der Waals surface area (Å²) in [5.41, 5.74) is -0.0186. The van der Waals surface area contributed by atoms with Crippen LogP contribution in [0.3, 0.4) is 0 Å². The number of likely N-dealkylation sites (N-methyl/N-ethyl adjacent to an activating group) is 1. The first-order valence-electron chi connectivity index (χ1n) is 13.0. The number of anilines is 2. The summed E-state index contributed by atoms with van der Waals surface area (Å²) in [6.07, 6.45) is -4.69. The zero-order chi connectivity index (χ0) is 30.9. The summed E-state index contributed by atoms with van der Waals surface area (Å²) in [5, 5.41) is 6.96. The van der Waals surface area contributed by atoms with Crippen LogP contribution in [0.15, 0.2) is 78.9 Å². The van der Waals surface area contributed by atoms with Crippen molar-refractivity contribution in [1.29, 1.82) is 0 Å². The van der Waals surface area contributed by atoms with Crippen molar-refractivity contribution in [1.82, 2.24) is 15.1 Å². The zero-order valence-corrected chi connectivity index (χ0v) is 24.0. The number of benzene rings is 3. The Morgan fingerprint density at radius 2 is 1.74 bits per heavy atom. The third-order valence-electron chi connectivity index (χ3n) is 6.92. The fourth-order valence-corrected chi connectivity index (χ4v) is 5.63. The van der Waals surface area contributed by atoms with Crippen LogP contribution in [0.25, 0.3) is 5.69 Å². The SMILES string of the molecule is CCN1C(=O)C(NC(=O)c2cccc(C(F)(F)F)c2)C(c2ccc(F)cc2)c2c(NS(=O)CCl)nn(-c3ccccc3)c21. The molecule has 1 aliphatic heterocycles. The summed E-state index contributed by atoms with van der Waals surface area (Å²) in [6, 6.07) is 16.5. The molecule has 0 saturated heterocycles. The summed E-state index contributed by atoms with van der Waals surface area (Å²) in [6.45, 7) is 1.83. The third-order valence-corrected chi connectivity index (χ3v) is 8.14. The van der Waals surface area contributed by atoms with E-state index in [-0.39, 0.29) is 23.1 Å². The highest BCUT2D eigenvalue weighted by atomic mass is 35.5. The summed E-state index contributed by atoms with van der Waals surface area (Å²) < 4.78 is 71.0. The maximum Gasteiger partial charge on any atom is 0.416 e. The summed E-state index contributed by atoms with van der Waals surface area (Å²) in [4.78, 5) is 28.9. The lowest BCUT2D eigenvalue weighted by Crippen LogP contribution is -2.55. The van der Waals surface area contributed by atoms with Crippen molar-refractivity contribution < 1.29 is 31.4 Å². The first kappa shape index (κ1) is 30.2. The molecule has 2 amide bonds. The van der Waals surface area contributed by atoms with Gasteiger partial charge < -0.3 is 5.32 Å². The smallest absolute Gasteiger partial charge is 0.339 e. The molecule has 1 aromatic heterocycles. The highest BCUT2D eigenvalue weighted by Gasteiger charge is 2.46. The van der Waals surface area contributed by atoms with E-state index < -0.39 is 52.3 Å². The Hall–Kier alpha value is -4.23. The maximum atomic E-state index is 14.1. The second kappa shape index (κ2) is 12.2. The number of para-hydroxylation sites is 1. The van der Waals surface area contributed by atoms with Crippen LogP contribution in [-0.2, 0) is 22.0 Å². The number of nitrogens with one attached hydrogen (secondary N) is 2. The molecular weight excluding hydrogens is 610 g/mol. The highest BCUT2D eigenvalue weighted by Crippen LogP contribution is 2.45. The van der Waals surface area contributed by atoms with Gasteiger partial charge in [0, 0.05) is 18.0 Å². The van der Waals surface area contributed by atoms with Crippen LogP contribution < -0.4 is 14.9 Å². The van der Waals surface area contributed by atoms with Gasteiger partial charge in [-0.15, -0.1) is 16.7 Å². The van der Waals surface area contributed by atoms with Gasteiger partial charge >= 0.3 is 6.18 Å². The molecule has 0 spiro atoms. The number of fused-ring (bicyclic) bond motifs is 1. The molecule has 3 atom stereocenters. The van der Waals surface area contributed by atoms with E-state index in [1.165, 1.54) is 39.9 Å². The van der Waals surface area contributed by atoms with Gasteiger partial charge in [0.15, 0.2) is 5.82 Å². The number of carbonyl (C=O) groups excluding carboxylic acids is 2. The molecule has 0 aliphatic carbocycles. The van der Waals surface area contributed by atoms with Gasteiger partial charge in [0.2, 0.25) is 0 Å². The number of nitrogens with zero attached hydrogens (tertiary/aromatic N) is 3. The number of alkyl halides is 4. The molecule has 1 aliphatic rings. The largest absolute Gasteiger partial charge is 0.416 e. The van der Waals surface area contributed by atoms with E-state index in [1.54, 1.807) is 37.3 Å². The summed E-state index contributed by atoms with van der Waals surface area (Å²) in [5.74, 6) is -2.67. The molecule has 43 heavy (non-hydrogen) atoms. The lowest BCUT2D eigenvalue weighted by atomic mass is 9.81. The van der Waals surface area contributed by atoms with Crippen LogP contribution >= 0.6 is 11.6 Å². The summed E-state index contributed by atoms with van der Waals surface area (Å²) in [7, 11) is -1.80. The van der Waals surface area contributed by atoms with Crippen molar-refractivity contribution in [2.75, 3.05) is 21.4 Å². The Kier molecular flexibility index (Phi) is 8.56. The van der Waals surface area contributed by atoms with Crippen LogP contribution in [-0.4, -0.2) is 43.6 Å². The fourth-order valence-electron chi connectivity index (χ4n) is 5.05. The molecule has 2 heterocycles. The molecule has 2 N–H and O–H groups in total. The van der Waals surface area contributed by atoms with E-state index in [2.05, 4.69) is 15.1 Å². The van der Waals surface area contributed by atoms with Crippen molar-refractivity contribution in [3.63, 3.8) is 0 Å². The van der Waals surface area contributed by atoms with E-state index in [1.807, 2.05) is 0 Å². The van der Waals surface area contributed by atoms with E-state index >= 15 is 0 Å². The maximum absolute atomic E-state index is 14.1. The molecule has 14 heteroatoms. The van der Waals surface area contributed by atoms with Gasteiger partial charge in [-0.1, -0.05) is 36.4 Å². The van der Waals surface area contributed by atoms with Gasteiger partial charge in [-0.05, 0) is 55.0 Å².